The van der Waals surface area contributed by atoms with Crippen molar-refractivity contribution in [3.05, 3.63) is 24.3 Å². The molecular formula is C15H21FN2O3. The van der Waals surface area contributed by atoms with E-state index in [1.165, 1.54) is 12.3 Å². The number of ether oxygens (including phenoxy) is 2. The van der Waals surface area contributed by atoms with Crippen LogP contribution in [0.3, 0.4) is 0 Å². The van der Waals surface area contributed by atoms with Gasteiger partial charge in [-0.3, -0.25) is 4.98 Å². The molecule has 0 bridgehead atoms. The van der Waals surface area contributed by atoms with Crippen molar-refractivity contribution in [3.8, 4) is 5.75 Å². The van der Waals surface area contributed by atoms with E-state index in [4.69, 9.17) is 9.47 Å². The third kappa shape index (κ3) is 4.67. The number of hydrogen-bond donors (Lipinski definition) is 1. The number of rotatable bonds is 4. The van der Waals surface area contributed by atoms with Gasteiger partial charge in [0.15, 0.2) is 0 Å². The number of aromatic nitrogens is 1. The topological polar surface area (TPSA) is 60.5 Å². The van der Waals surface area contributed by atoms with Crippen LogP contribution in [-0.4, -0.2) is 35.2 Å². The highest BCUT2D eigenvalue weighted by Crippen LogP contribution is 2.20. The summed E-state index contributed by atoms with van der Waals surface area (Å²) < 4.78 is 24.2. The maximum absolute atomic E-state index is 13.2. The minimum absolute atomic E-state index is 0.136. The number of esters is 1. The molecule has 2 heterocycles. The fourth-order valence-corrected chi connectivity index (χ4v) is 2.23. The number of nitrogens with zero attached hydrogens (tertiary/aromatic N) is 1. The van der Waals surface area contributed by atoms with Gasteiger partial charge in [-0.2, -0.15) is 0 Å². The first-order valence-corrected chi connectivity index (χ1v) is 7.08. The molecule has 1 fully saturated rings. The van der Waals surface area contributed by atoms with Gasteiger partial charge < -0.3 is 14.8 Å². The molecule has 0 spiro atoms. The van der Waals surface area contributed by atoms with Crippen molar-refractivity contribution in [2.24, 2.45) is 0 Å². The number of hydrogen-bond acceptors (Lipinski definition) is 5. The van der Waals surface area contributed by atoms with Crippen molar-refractivity contribution in [2.45, 2.75) is 51.4 Å². The molecule has 2 atom stereocenters. The summed E-state index contributed by atoms with van der Waals surface area (Å²) in [5.41, 5.74) is -0.600. The van der Waals surface area contributed by atoms with Crippen molar-refractivity contribution >= 4 is 5.97 Å². The second-order valence-corrected chi connectivity index (χ2v) is 6.11. The van der Waals surface area contributed by atoms with Crippen LogP contribution in [0.5, 0.6) is 5.75 Å². The molecule has 1 aromatic rings. The van der Waals surface area contributed by atoms with Gasteiger partial charge >= 0.3 is 5.97 Å². The van der Waals surface area contributed by atoms with Crippen LogP contribution in [0.1, 0.15) is 33.6 Å². The molecule has 0 aromatic carbocycles. The standard InChI is InChI=1S/C15H21FN2O3/c1-15(2,3)21-14(19)13(12-5-4-6-18-12)20-11-7-10(16)8-17-9-11/h7-9,12-13,18H,4-6H2,1-3H3/t12-,13?/m0/s1. The molecule has 116 valence electrons. The van der Waals surface area contributed by atoms with Crippen molar-refractivity contribution in [3.63, 3.8) is 0 Å². The van der Waals surface area contributed by atoms with Gasteiger partial charge in [-0.25, -0.2) is 9.18 Å². The average Bonchev–Trinajstić information content (AvgIpc) is 2.87. The fourth-order valence-electron chi connectivity index (χ4n) is 2.23. The van der Waals surface area contributed by atoms with Gasteiger partial charge in [0.05, 0.1) is 18.4 Å². The highest BCUT2D eigenvalue weighted by atomic mass is 19.1. The molecule has 0 aliphatic carbocycles. The zero-order valence-corrected chi connectivity index (χ0v) is 12.6. The van der Waals surface area contributed by atoms with Gasteiger partial charge in [0.1, 0.15) is 17.2 Å². The molecule has 0 saturated carbocycles. The van der Waals surface area contributed by atoms with Crippen molar-refractivity contribution in [2.75, 3.05) is 6.54 Å². The van der Waals surface area contributed by atoms with Gasteiger partial charge in [0.2, 0.25) is 6.10 Å². The number of nitrogens with one attached hydrogen (secondary N) is 1. The summed E-state index contributed by atoms with van der Waals surface area (Å²) in [6.45, 7) is 6.23. The molecule has 1 saturated heterocycles. The van der Waals surface area contributed by atoms with Crippen molar-refractivity contribution in [1.29, 1.82) is 0 Å². The molecular weight excluding hydrogens is 275 g/mol. The van der Waals surface area contributed by atoms with Crippen LogP contribution in [0, 0.1) is 5.82 Å². The van der Waals surface area contributed by atoms with Gasteiger partial charge in [0, 0.05) is 6.07 Å². The third-order valence-corrected chi connectivity index (χ3v) is 3.05. The van der Waals surface area contributed by atoms with Crippen molar-refractivity contribution < 1.29 is 18.7 Å². The van der Waals surface area contributed by atoms with E-state index in [9.17, 15) is 9.18 Å². The zero-order chi connectivity index (χ0) is 15.5. The monoisotopic (exact) mass is 296 g/mol. The third-order valence-electron chi connectivity index (χ3n) is 3.05. The van der Waals surface area contributed by atoms with Gasteiger partial charge in [-0.15, -0.1) is 0 Å². The second-order valence-electron chi connectivity index (χ2n) is 6.11. The Hall–Kier alpha value is -1.69. The van der Waals surface area contributed by atoms with Gasteiger partial charge in [-0.05, 0) is 40.2 Å². The average molecular weight is 296 g/mol. The molecule has 1 aliphatic rings. The largest absolute Gasteiger partial charge is 0.475 e. The summed E-state index contributed by atoms with van der Waals surface area (Å²) in [6.07, 6.45) is 3.44. The summed E-state index contributed by atoms with van der Waals surface area (Å²) in [6, 6.07) is 1.07. The van der Waals surface area contributed by atoms with E-state index in [2.05, 4.69) is 10.3 Å². The number of carbonyl (C=O) groups is 1. The lowest BCUT2D eigenvalue weighted by molar-refractivity contribution is -0.164. The smallest absolute Gasteiger partial charge is 0.349 e. The van der Waals surface area contributed by atoms with Gasteiger partial charge in [-0.1, -0.05) is 0 Å². The Morgan fingerprint density at radius 3 is 2.81 bits per heavy atom. The highest BCUT2D eigenvalue weighted by molar-refractivity contribution is 5.76. The molecule has 6 heteroatoms. The number of halogens is 1. The molecule has 2 rings (SSSR count). The Kier molecular flexibility index (Phi) is 4.77. The summed E-state index contributed by atoms with van der Waals surface area (Å²) in [5.74, 6) is -0.736. The van der Waals surface area contributed by atoms with Crippen LogP contribution in [0.4, 0.5) is 4.39 Å². The van der Waals surface area contributed by atoms with Gasteiger partial charge in [0.25, 0.3) is 0 Å². The van der Waals surface area contributed by atoms with E-state index in [1.807, 2.05) is 0 Å². The lowest BCUT2D eigenvalue weighted by Crippen LogP contribution is -2.47. The van der Waals surface area contributed by atoms with Crippen LogP contribution in [0.15, 0.2) is 18.5 Å². The molecule has 1 aliphatic heterocycles. The maximum atomic E-state index is 13.2. The molecule has 1 unspecified atom stereocenters. The Morgan fingerprint density at radius 2 is 2.24 bits per heavy atom. The first-order chi connectivity index (χ1) is 9.85. The Balaban J connectivity index is 2.13. The second kappa shape index (κ2) is 6.39. The lowest BCUT2D eigenvalue weighted by atomic mass is 10.1. The number of pyridine rings is 1. The van der Waals surface area contributed by atoms with Crippen LogP contribution < -0.4 is 10.1 Å². The minimum atomic E-state index is -0.810. The van der Waals surface area contributed by atoms with Crippen LogP contribution in [0.2, 0.25) is 0 Å². The fraction of sp³-hybridized carbons (Fsp3) is 0.600. The zero-order valence-electron chi connectivity index (χ0n) is 12.6. The van der Waals surface area contributed by atoms with E-state index in [-0.39, 0.29) is 11.8 Å². The molecule has 1 aromatic heterocycles. The van der Waals surface area contributed by atoms with E-state index < -0.39 is 23.5 Å². The molecule has 21 heavy (non-hydrogen) atoms. The minimum Gasteiger partial charge on any atom is -0.475 e. The van der Waals surface area contributed by atoms with E-state index in [0.717, 1.165) is 25.6 Å². The normalized spacial score (nSPS) is 20.1. The predicted molar refractivity (Wildman–Crippen MR) is 75.5 cm³/mol. The summed E-state index contributed by atoms with van der Waals surface area (Å²) in [7, 11) is 0. The molecule has 0 amide bonds. The van der Waals surface area contributed by atoms with Crippen LogP contribution in [0.25, 0.3) is 0 Å². The molecule has 1 N–H and O–H groups in total. The predicted octanol–water partition coefficient (Wildman–Crippen LogP) is 2.06. The Morgan fingerprint density at radius 1 is 1.48 bits per heavy atom. The van der Waals surface area contributed by atoms with E-state index >= 15 is 0 Å². The lowest BCUT2D eigenvalue weighted by Gasteiger charge is -2.27. The van der Waals surface area contributed by atoms with Crippen molar-refractivity contribution in [1.82, 2.24) is 10.3 Å². The molecule has 0 radical (unpaired) electrons. The van der Waals surface area contributed by atoms with E-state index in [0.29, 0.717) is 0 Å². The molecule has 5 nitrogen and oxygen atoms in total. The Labute approximate surface area is 123 Å². The van der Waals surface area contributed by atoms with E-state index in [1.54, 1.807) is 20.8 Å². The first-order valence-electron chi connectivity index (χ1n) is 7.08. The summed E-state index contributed by atoms with van der Waals surface area (Å²) in [4.78, 5) is 16.1. The summed E-state index contributed by atoms with van der Waals surface area (Å²) in [5, 5.41) is 3.22. The maximum Gasteiger partial charge on any atom is 0.349 e. The highest BCUT2D eigenvalue weighted by Gasteiger charge is 2.35. The van der Waals surface area contributed by atoms with Crippen LogP contribution in [-0.2, 0) is 9.53 Å². The number of carbonyl (C=O) groups excluding carboxylic acids is 1. The van der Waals surface area contributed by atoms with Crippen LogP contribution >= 0.6 is 0 Å². The first kappa shape index (κ1) is 15.7. The Bertz CT molecular complexity index is 496. The quantitative estimate of drug-likeness (QED) is 0.862. The summed E-state index contributed by atoms with van der Waals surface area (Å²) >= 11 is 0. The SMILES string of the molecule is CC(C)(C)OC(=O)C(Oc1cncc(F)c1)[C@@H]1CCCN1.